The van der Waals surface area contributed by atoms with E-state index in [1.807, 2.05) is 13.0 Å². The van der Waals surface area contributed by atoms with Gasteiger partial charge < -0.3 is 9.64 Å². The largest absolute Gasteiger partial charge is 0.462 e. The highest BCUT2D eigenvalue weighted by molar-refractivity contribution is 7.20. The minimum Gasteiger partial charge on any atom is -0.462 e. The number of carbonyl (C=O) groups excluding carboxylic acids is 1. The zero-order valence-electron chi connectivity index (χ0n) is 16.5. The lowest BCUT2D eigenvalue weighted by molar-refractivity contribution is 0.0531. The van der Waals surface area contributed by atoms with Gasteiger partial charge in [0.05, 0.1) is 12.0 Å². The second-order valence-corrected chi connectivity index (χ2v) is 8.36. The molecule has 0 N–H and O–H groups in total. The van der Waals surface area contributed by atoms with Crippen molar-refractivity contribution in [2.45, 2.75) is 20.4 Å². The van der Waals surface area contributed by atoms with Crippen LogP contribution in [-0.4, -0.2) is 53.6 Å². The fourth-order valence-electron chi connectivity index (χ4n) is 3.67. The molecule has 0 amide bonds. The van der Waals surface area contributed by atoms with Gasteiger partial charge in [0.1, 0.15) is 15.5 Å². The third-order valence-corrected chi connectivity index (χ3v) is 6.46. The molecular formula is C21H23ClN4O2S. The predicted molar refractivity (Wildman–Crippen MR) is 117 cm³/mol. The first kappa shape index (κ1) is 20.1. The van der Waals surface area contributed by atoms with Crippen LogP contribution >= 0.6 is 22.9 Å². The molecule has 1 saturated heterocycles. The smallest absolute Gasteiger partial charge is 0.348 e. The Morgan fingerprint density at radius 1 is 1.17 bits per heavy atom. The Balaban J connectivity index is 1.57. The van der Waals surface area contributed by atoms with Crippen LogP contribution in [0.5, 0.6) is 0 Å². The monoisotopic (exact) mass is 430 g/mol. The molecule has 3 heterocycles. The lowest BCUT2D eigenvalue weighted by Gasteiger charge is -2.35. The minimum absolute atomic E-state index is 0.205. The molecular weight excluding hydrogens is 408 g/mol. The van der Waals surface area contributed by atoms with Crippen molar-refractivity contribution < 1.29 is 9.53 Å². The SMILES string of the molecule is CCOC(=O)c1sc2nc(Cl)nc(N3CCN(Cc4ccccc4)CC3)c2c1C. The van der Waals surface area contributed by atoms with Crippen LogP contribution in [-0.2, 0) is 11.3 Å². The molecule has 0 unspecified atom stereocenters. The van der Waals surface area contributed by atoms with E-state index < -0.39 is 0 Å². The first-order valence-electron chi connectivity index (χ1n) is 9.71. The van der Waals surface area contributed by atoms with Crippen LogP contribution in [0.4, 0.5) is 5.82 Å². The maximum atomic E-state index is 12.3. The third-order valence-electron chi connectivity index (χ3n) is 5.13. The molecule has 29 heavy (non-hydrogen) atoms. The van der Waals surface area contributed by atoms with Crippen LogP contribution < -0.4 is 4.90 Å². The first-order valence-corrected chi connectivity index (χ1v) is 10.9. The van der Waals surface area contributed by atoms with E-state index in [-0.39, 0.29) is 11.3 Å². The molecule has 1 fully saturated rings. The number of piperazine rings is 1. The Morgan fingerprint density at radius 3 is 2.59 bits per heavy atom. The van der Waals surface area contributed by atoms with Crippen LogP contribution in [0.15, 0.2) is 30.3 Å². The zero-order chi connectivity index (χ0) is 20.4. The molecule has 0 aliphatic carbocycles. The van der Waals surface area contributed by atoms with Crippen LogP contribution in [0.25, 0.3) is 10.2 Å². The van der Waals surface area contributed by atoms with Gasteiger partial charge in [0.2, 0.25) is 5.28 Å². The Kier molecular flexibility index (Phi) is 5.99. The standard InChI is InChI=1S/C21H23ClN4O2S/c1-3-28-20(27)17-14(2)16-18(23-21(22)24-19(16)29-17)26-11-9-25(10-12-26)13-15-7-5-4-6-8-15/h4-8H,3,9-13H2,1-2H3. The Labute approximate surface area is 179 Å². The molecule has 8 heteroatoms. The van der Waals surface area contributed by atoms with Crippen LogP contribution in [0.2, 0.25) is 5.28 Å². The number of halogens is 1. The molecule has 1 aliphatic heterocycles. The van der Waals surface area contributed by atoms with E-state index >= 15 is 0 Å². The summed E-state index contributed by atoms with van der Waals surface area (Å²) in [6.07, 6.45) is 0. The molecule has 6 nitrogen and oxygen atoms in total. The number of hydrogen-bond donors (Lipinski definition) is 0. The van der Waals surface area contributed by atoms with Crippen molar-refractivity contribution in [3.8, 4) is 0 Å². The number of ether oxygens (including phenoxy) is 1. The Morgan fingerprint density at radius 2 is 1.90 bits per heavy atom. The Hall–Kier alpha value is -2.22. The molecule has 1 aliphatic rings. The van der Waals surface area contributed by atoms with E-state index in [9.17, 15) is 4.79 Å². The van der Waals surface area contributed by atoms with Crippen LogP contribution in [0.1, 0.15) is 27.7 Å². The van der Waals surface area contributed by atoms with Crippen molar-refractivity contribution in [2.24, 2.45) is 0 Å². The quantitative estimate of drug-likeness (QED) is 0.447. The number of aromatic nitrogens is 2. The average Bonchev–Trinajstić information content (AvgIpc) is 3.05. The van der Waals surface area contributed by atoms with Gasteiger partial charge in [-0.25, -0.2) is 9.78 Å². The molecule has 4 rings (SSSR count). The Bertz CT molecular complexity index is 1020. The van der Waals surface area contributed by atoms with Crippen molar-refractivity contribution in [3.05, 3.63) is 51.6 Å². The summed E-state index contributed by atoms with van der Waals surface area (Å²) in [6.45, 7) is 8.58. The molecule has 2 aromatic heterocycles. The lowest BCUT2D eigenvalue weighted by atomic mass is 10.1. The highest BCUT2D eigenvalue weighted by Gasteiger charge is 2.26. The summed E-state index contributed by atoms with van der Waals surface area (Å²) in [4.78, 5) is 27.2. The molecule has 1 aromatic carbocycles. The second kappa shape index (κ2) is 8.65. The number of fused-ring (bicyclic) bond motifs is 1. The number of carbonyl (C=O) groups is 1. The number of nitrogens with zero attached hydrogens (tertiary/aromatic N) is 4. The summed E-state index contributed by atoms with van der Waals surface area (Å²) in [6, 6.07) is 10.5. The van der Waals surface area contributed by atoms with Crippen molar-refractivity contribution >= 4 is 44.9 Å². The second-order valence-electron chi connectivity index (χ2n) is 7.02. The molecule has 0 atom stereocenters. The fourth-order valence-corrected chi connectivity index (χ4v) is 4.96. The van der Waals surface area contributed by atoms with E-state index in [0.29, 0.717) is 11.5 Å². The summed E-state index contributed by atoms with van der Waals surface area (Å²) < 4.78 is 5.19. The highest BCUT2D eigenvalue weighted by Crippen LogP contribution is 2.37. The van der Waals surface area contributed by atoms with Crippen LogP contribution in [0.3, 0.4) is 0 Å². The molecule has 0 saturated carbocycles. The number of rotatable bonds is 5. The molecule has 152 valence electrons. The van der Waals surface area contributed by atoms with Gasteiger partial charge in [-0.3, -0.25) is 4.90 Å². The fraction of sp³-hybridized carbons (Fsp3) is 0.381. The highest BCUT2D eigenvalue weighted by atomic mass is 35.5. The van der Waals surface area contributed by atoms with Crippen LogP contribution in [0, 0.1) is 6.92 Å². The number of thiophene rings is 1. The topological polar surface area (TPSA) is 58.6 Å². The number of hydrogen-bond acceptors (Lipinski definition) is 7. The van der Waals surface area contributed by atoms with Crippen molar-refractivity contribution in [1.29, 1.82) is 0 Å². The summed E-state index contributed by atoms with van der Waals surface area (Å²) in [5.74, 6) is 0.492. The molecule has 0 bridgehead atoms. The van der Waals surface area contributed by atoms with Gasteiger partial charge in [-0.1, -0.05) is 30.3 Å². The van der Waals surface area contributed by atoms with E-state index in [1.165, 1.54) is 16.9 Å². The summed E-state index contributed by atoms with van der Waals surface area (Å²) in [5, 5.41) is 1.11. The summed E-state index contributed by atoms with van der Waals surface area (Å²) >= 11 is 7.53. The van der Waals surface area contributed by atoms with Gasteiger partial charge in [0.15, 0.2) is 0 Å². The van der Waals surface area contributed by atoms with Gasteiger partial charge >= 0.3 is 5.97 Å². The zero-order valence-corrected chi connectivity index (χ0v) is 18.1. The average molecular weight is 431 g/mol. The van der Waals surface area contributed by atoms with Crippen molar-refractivity contribution in [2.75, 3.05) is 37.7 Å². The van der Waals surface area contributed by atoms with Crippen molar-refractivity contribution in [3.63, 3.8) is 0 Å². The van der Waals surface area contributed by atoms with Gasteiger partial charge in [0, 0.05) is 32.7 Å². The number of aryl methyl sites for hydroxylation is 1. The predicted octanol–water partition coefficient (Wildman–Crippen LogP) is 4.15. The summed E-state index contributed by atoms with van der Waals surface area (Å²) in [7, 11) is 0. The maximum Gasteiger partial charge on any atom is 0.348 e. The first-order chi connectivity index (χ1) is 14.1. The van der Waals surface area contributed by atoms with Gasteiger partial charge in [-0.05, 0) is 36.6 Å². The van der Waals surface area contributed by atoms with Gasteiger partial charge in [-0.2, -0.15) is 4.98 Å². The lowest BCUT2D eigenvalue weighted by Crippen LogP contribution is -2.46. The van der Waals surface area contributed by atoms with Gasteiger partial charge in [-0.15, -0.1) is 11.3 Å². The molecule has 3 aromatic rings. The summed E-state index contributed by atoms with van der Waals surface area (Å²) in [5.41, 5.74) is 2.18. The van der Waals surface area contributed by atoms with Gasteiger partial charge in [0.25, 0.3) is 0 Å². The van der Waals surface area contributed by atoms with Crippen molar-refractivity contribution in [1.82, 2.24) is 14.9 Å². The molecule has 0 spiro atoms. The third kappa shape index (κ3) is 4.22. The number of anilines is 1. The van der Waals surface area contributed by atoms with E-state index in [1.54, 1.807) is 6.92 Å². The maximum absolute atomic E-state index is 12.3. The van der Waals surface area contributed by atoms with E-state index in [0.717, 1.165) is 54.3 Å². The molecule has 0 radical (unpaired) electrons. The van der Waals surface area contributed by atoms with E-state index in [2.05, 4.69) is 44.0 Å². The number of benzene rings is 1. The normalized spacial score (nSPS) is 15.1. The van der Waals surface area contributed by atoms with E-state index in [4.69, 9.17) is 16.3 Å². The number of esters is 1. The minimum atomic E-state index is -0.317.